The van der Waals surface area contributed by atoms with Gasteiger partial charge in [0.2, 0.25) is 5.91 Å². The van der Waals surface area contributed by atoms with Crippen LogP contribution in [0.25, 0.3) is 0 Å². The van der Waals surface area contributed by atoms with Crippen LogP contribution in [0, 0.1) is 5.92 Å². The zero-order valence-electron chi connectivity index (χ0n) is 18.0. The molecule has 3 unspecified atom stereocenters. The van der Waals surface area contributed by atoms with Gasteiger partial charge >= 0.3 is 5.97 Å². The van der Waals surface area contributed by atoms with Gasteiger partial charge in [0.15, 0.2) is 0 Å². The highest BCUT2D eigenvalue weighted by molar-refractivity contribution is 6.30. The van der Waals surface area contributed by atoms with Crippen molar-refractivity contribution in [1.29, 1.82) is 0 Å². The lowest BCUT2D eigenvalue weighted by Crippen LogP contribution is -2.51. The number of rotatable bonds is 6. The van der Waals surface area contributed by atoms with Crippen molar-refractivity contribution in [3.8, 4) is 0 Å². The molecule has 1 heterocycles. The molecule has 0 radical (unpaired) electrons. The van der Waals surface area contributed by atoms with Crippen molar-refractivity contribution in [1.82, 2.24) is 4.90 Å². The molecule has 2 aromatic carbocycles. The van der Waals surface area contributed by atoms with E-state index in [-0.39, 0.29) is 36.3 Å². The first-order valence-corrected chi connectivity index (χ1v) is 11.2. The number of piperidine rings is 1. The lowest BCUT2D eigenvalue weighted by Gasteiger charge is -2.43. The summed E-state index contributed by atoms with van der Waals surface area (Å²) in [6.07, 6.45) is 2.36. The number of carbonyl (C=O) groups excluding carboxylic acids is 2. The van der Waals surface area contributed by atoms with Crippen molar-refractivity contribution in [2.45, 2.75) is 44.7 Å². The molecule has 0 spiro atoms. The minimum absolute atomic E-state index is 0.0103. The SMILES string of the molecule is CCC(CN)N1C(=O)C(CC(=O)OC)CCC1c1ccc(Cl)cc1.Clc1ccccc1. The summed E-state index contributed by atoms with van der Waals surface area (Å²) < 4.78 is 4.73. The number of benzene rings is 2. The topological polar surface area (TPSA) is 72.6 Å². The van der Waals surface area contributed by atoms with Crippen LogP contribution in [0.2, 0.25) is 10.0 Å². The second-order valence-electron chi connectivity index (χ2n) is 7.46. The zero-order valence-corrected chi connectivity index (χ0v) is 19.5. The van der Waals surface area contributed by atoms with E-state index in [1.54, 1.807) is 0 Å². The Morgan fingerprint density at radius 2 is 1.71 bits per heavy atom. The van der Waals surface area contributed by atoms with Gasteiger partial charge in [-0.1, -0.05) is 60.5 Å². The van der Waals surface area contributed by atoms with Crippen molar-refractivity contribution < 1.29 is 14.3 Å². The summed E-state index contributed by atoms with van der Waals surface area (Å²) in [7, 11) is 1.35. The Morgan fingerprint density at radius 1 is 1.10 bits per heavy atom. The molecule has 7 heteroatoms. The van der Waals surface area contributed by atoms with Crippen LogP contribution < -0.4 is 5.73 Å². The van der Waals surface area contributed by atoms with Gasteiger partial charge in [-0.15, -0.1) is 0 Å². The monoisotopic (exact) mass is 464 g/mol. The Morgan fingerprint density at radius 3 is 2.19 bits per heavy atom. The number of methoxy groups -OCH3 is 1. The van der Waals surface area contributed by atoms with Crippen LogP contribution in [0.1, 0.15) is 44.2 Å². The summed E-state index contributed by atoms with van der Waals surface area (Å²) >= 11 is 11.5. The number of ether oxygens (including phenoxy) is 1. The molecule has 3 rings (SSSR count). The molecule has 5 nitrogen and oxygen atoms in total. The van der Waals surface area contributed by atoms with E-state index in [9.17, 15) is 9.59 Å². The van der Waals surface area contributed by atoms with Crippen LogP contribution in [0.5, 0.6) is 0 Å². The Kier molecular flexibility index (Phi) is 10.3. The quantitative estimate of drug-likeness (QED) is 0.591. The molecule has 0 aliphatic carbocycles. The van der Waals surface area contributed by atoms with Crippen LogP contribution in [-0.4, -0.2) is 36.5 Å². The predicted octanol–water partition coefficient (Wildman–Crippen LogP) is 5.26. The first-order valence-electron chi connectivity index (χ1n) is 10.5. The Bertz CT molecular complexity index is 826. The number of likely N-dealkylation sites (tertiary alicyclic amines) is 1. The van der Waals surface area contributed by atoms with E-state index in [0.717, 1.165) is 23.4 Å². The standard InChI is InChI=1S/C18H25ClN2O3.C6H5Cl/c1-3-15(11-20)21-16(12-4-7-14(19)8-5-12)9-6-13(18(21)23)10-17(22)24-2;7-6-4-2-1-3-5-6/h4-5,7-8,13,15-16H,3,6,9-11,20H2,1-2H3;1-5H. The third-order valence-corrected chi connectivity index (χ3v) is 6.00. The average molecular weight is 465 g/mol. The zero-order chi connectivity index (χ0) is 22.8. The molecule has 0 bridgehead atoms. The van der Waals surface area contributed by atoms with Gasteiger partial charge in [-0.05, 0) is 49.1 Å². The maximum Gasteiger partial charge on any atom is 0.306 e. The van der Waals surface area contributed by atoms with E-state index in [1.807, 2.05) is 66.4 Å². The highest BCUT2D eigenvalue weighted by Crippen LogP contribution is 2.37. The van der Waals surface area contributed by atoms with Gasteiger partial charge in [-0.2, -0.15) is 0 Å². The molecule has 1 fully saturated rings. The van der Waals surface area contributed by atoms with E-state index >= 15 is 0 Å². The fourth-order valence-corrected chi connectivity index (χ4v) is 4.07. The number of hydrogen-bond acceptors (Lipinski definition) is 4. The molecular formula is C24H30Cl2N2O3. The molecule has 31 heavy (non-hydrogen) atoms. The third-order valence-electron chi connectivity index (χ3n) is 5.49. The van der Waals surface area contributed by atoms with E-state index in [2.05, 4.69) is 0 Å². The van der Waals surface area contributed by atoms with Crippen molar-refractivity contribution in [3.05, 3.63) is 70.2 Å². The van der Waals surface area contributed by atoms with Crippen molar-refractivity contribution in [3.63, 3.8) is 0 Å². The number of amides is 1. The number of hydrogen-bond donors (Lipinski definition) is 1. The van der Waals surface area contributed by atoms with E-state index in [0.29, 0.717) is 18.0 Å². The Balaban J connectivity index is 0.000000412. The predicted molar refractivity (Wildman–Crippen MR) is 125 cm³/mol. The van der Waals surface area contributed by atoms with Gasteiger partial charge in [0, 0.05) is 28.5 Å². The van der Waals surface area contributed by atoms with Gasteiger partial charge in [0.05, 0.1) is 19.6 Å². The van der Waals surface area contributed by atoms with Crippen LogP contribution in [0.15, 0.2) is 54.6 Å². The van der Waals surface area contributed by atoms with Crippen molar-refractivity contribution in [2.75, 3.05) is 13.7 Å². The van der Waals surface area contributed by atoms with Gasteiger partial charge in [0.25, 0.3) is 0 Å². The van der Waals surface area contributed by atoms with E-state index in [4.69, 9.17) is 33.7 Å². The number of carbonyl (C=O) groups is 2. The lowest BCUT2D eigenvalue weighted by molar-refractivity contribution is -0.152. The molecule has 1 aliphatic heterocycles. The second kappa shape index (κ2) is 12.7. The summed E-state index contributed by atoms with van der Waals surface area (Å²) in [6, 6.07) is 17.0. The van der Waals surface area contributed by atoms with Crippen molar-refractivity contribution in [2.24, 2.45) is 11.7 Å². The number of nitrogens with two attached hydrogens (primary N) is 1. The van der Waals surface area contributed by atoms with Crippen LogP contribution in [0.4, 0.5) is 0 Å². The largest absolute Gasteiger partial charge is 0.469 e. The minimum atomic E-state index is -0.348. The minimum Gasteiger partial charge on any atom is -0.469 e. The highest BCUT2D eigenvalue weighted by atomic mass is 35.5. The third kappa shape index (κ3) is 7.23. The molecule has 1 amide bonds. The maximum atomic E-state index is 13.0. The van der Waals surface area contributed by atoms with E-state index < -0.39 is 0 Å². The lowest BCUT2D eigenvalue weighted by atomic mass is 9.85. The first kappa shape index (κ1) is 25.2. The number of esters is 1. The fourth-order valence-electron chi connectivity index (χ4n) is 3.80. The smallest absolute Gasteiger partial charge is 0.306 e. The summed E-state index contributed by atoms with van der Waals surface area (Å²) in [4.78, 5) is 26.5. The normalized spacial score (nSPS) is 19.3. The Labute approximate surface area is 194 Å². The first-order chi connectivity index (χ1) is 14.9. The molecule has 2 aromatic rings. The maximum absolute atomic E-state index is 13.0. The van der Waals surface area contributed by atoms with Crippen LogP contribution in [0.3, 0.4) is 0 Å². The van der Waals surface area contributed by atoms with Crippen LogP contribution in [-0.2, 0) is 14.3 Å². The molecule has 1 saturated heterocycles. The van der Waals surface area contributed by atoms with Gasteiger partial charge < -0.3 is 15.4 Å². The highest BCUT2D eigenvalue weighted by Gasteiger charge is 2.39. The summed E-state index contributed by atoms with van der Waals surface area (Å²) in [5, 5.41) is 1.46. The summed E-state index contributed by atoms with van der Waals surface area (Å²) in [5.41, 5.74) is 6.96. The molecule has 2 N–H and O–H groups in total. The van der Waals surface area contributed by atoms with Crippen LogP contribution >= 0.6 is 23.2 Å². The summed E-state index contributed by atoms with van der Waals surface area (Å²) in [6.45, 7) is 2.42. The molecule has 0 saturated carbocycles. The molecule has 1 aliphatic rings. The fraction of sp³-hybridized carbons (Fsp3) is 0.417. The average Bonchev–Trinajstić information content (AvgIpc) is 2.78. The van der Waals surface area contributed by atoms with Crippen molar-refractivity contribution >= 4 is 35.1 Å². The molecule has 3 atom stereocenters. The molecule has 168 valence electrons. The molecule has 0 aromatic heterocycles. The number of halogens is 2. The Hall–Kier alpha value is -2.08. The molecular weight excluding hydrogens is 435 g/mol. The van der Waals surface area contributed by atoms with Gasteiger partial charge in [-0.25, -0.2) is 0 Å². The van der Waals surface area contributed by atoms with E-state index in [1.165, 1.54) is 7.11 Å². The van der Waals surface area contributed by atoms with Gasteiger partial charge in [0.1, 0.15) is 0 Å². The number of nitrogens with zero attached hydrogens (tertiary/aromatic N) is 1. The van der Waals surface area contributed by atoms with Gasteiger partial charge in [-0.3, -0.25) is 9.59 Å². The second-order valence-corrected chi connectivity index (χ2v) is 8.33. The summed E-state index contributed by atoms with van der Waals surface area (Å²) in [5.74, 6) is -0.690.